The predicted molar refractivity (Wildman–Crippen MR) is 88.2 cm³/mol. The van der Waals surface area contributed by atoms with E-state index in [4.69, 9.17) is 0 Å². The van der Waals surface area contributed by atoms with E-state index in [0.29, 0.717) is 6.54 Å². The second-order valence-corrected chi connectivity index (χ2v) is 9.11. The van der Waals surface area contributed by atoms with Crippen molar-refractivity contribution in [1.29, 1.82) is 0 Å². The number of sulfonamides is 1. The minimum absolute atomic E-state index is 0. The minimum atomic E-state index is -4.48. The van der Waals surface area contributed by atoms with Crippen LogP contribution in [0.25, 0.3) is 0 Å². The maximum absolute atomic E-state index is 11.4. The molecule has 9 heteroatoms. The predicted octanol–water partition coefficient (Wildman–Crippen LogP) is -0.624. The zero-order chi connectivity index (χ0) is 16.9. The number of nitrogens with one attached hydrogen (secondary N) is 1. The minimum Gasteiger partial charge on any atom is -0.748 e. The zero-order valence-corrected chi connectivity index (χ0v) is 18.2. The summed E-state index contributed by atoms with van der Waals surface area (Å²) in [5, 5.41) is 0. The van der Waals surface area contributed by atoms with E-state index in [1.165, 1.54) is 44.9 Å². The molecule has 0 fully saturated rings. The molecule has 0 amide bonds. The fourth-order valence-electron chi connectivity index (χ4n) is 2.12. The Bertz CT molecular complexity index is 466. The topological polar surface area (TPSA) is 103 Å². The van der Waals surface area contributed by atoms with E-state index in [-0.39, 0.29) is 29.6 Å². The Morgan fingerprint density at radius 3 is 1.61 bits per heavy atom. The molecule has 0 bridgehead atoms. The Kier molecular flexibility index (Phi) is 17.1. The third kappa shape index (κ3) is 20.8. The molecule has 23 heavy (non-hydrogen) atoms. The fraction of sp³-hybridized carbons (Fsp3) is 1.00. The van der Waals surface area contributed by atoms with Crippen LogP contribution in [0.4, 0.5) is 0 Å². The quantitative estimate of drug-likeness (QED) is 0.232. The van der Waals surface area contributed by atoms with Crippen LogP contribution in [0.1, 0.15) is 71.1 Å². The van der Waals surface area contributed by atoms with Gasteiger partial charge in [0.2, 0.25) is 10.0 Å². The molecule has 0 aliphatic carbocycles. The molecule has 134 valence electrons. The van der Waals surface area contributed by atoms with Gasteiger partial charge in [-0.25, -0.2) is 21.6 Å². The van der Waals surface area contributed by atoms with Crippen LogP contribution in [-0.4, -0.2) is 39.4 Å². The molecule has 0 aliphatic heterocycles. The smallest absolute Gasteiger partial charge is 0.748 e. The van der Waals surface area contributed by atoms with Gasteiger partial charge in [-0.1, -0.05) is 64.7 Å². The first-order chi connectivity index (χ1) is 10.3. The van der Waals surface area contributed by atoms with Crippen LogP contribution in [-0.2, 0) is 20.1 Å². The molecule has 0 radical (unpaired) electrons. The largest absolute Gasteiger partial charge is 1.00 e. The number of rotatable bonds is 15. The van der Waals surface area contributed by atoms with Gasteiger partial charge in [0.15, 0.2) is 0 Å². The van der Waals surface area contributed by atoms with E-state index in [2.05, 4.69) is 11.6 Å². The van der Waals surface area contributed by atoms with Crippen molar-refractivity contribution in [2.45, 2.75) is 71.1 Å². The van der Waals surface area contributed by atoms with Crippen molar-refractivity contribution < 1.29 is 50.9 Å². The van der Waals surface area contributed by atoms with Crippen molar-refractivity contribution in [1.82, 2.24) is 4.72 Å². The maximum atomic E-state index is 11.4. The molecule has 0 unspecified atom stereocenters. The van der Waals surface area contributed by atoms with E-state index >= 15 is 0 Å². The Balaban J connectivity index is 0. The molecule has 6 nitrogen and oxygen atoms in total. The van der Waals surface area contributed by atoms with Crippen LogP contribution in [0.3, 0.4) is 0 Å². The Labute approximate surface area is 164 Å². The molecule has 0 aromatic carbocycles. The molecule has 0 saturated heterocycles. The van der Waals surface area contributed by atoms with Gasteiger partial charge in [-0.3, -0.25) is 0 Å². The average Bonchev–Trinajstić information content (AvgIpc) is 2.42. The summed E-state index contributed by atoms with van der Waals surface area (Å²) in [5.41, 5.74) is 0. The number of hydrogen-bond acceptors (Lipinski definition) is 5. The molecule has 0 spiro atoms. The molecular formula is C14H30NNaO5S2. The van der Waals surface area contributed by atoms with Crippen LogP contribution in [0.2, 0.25) is 0 Å². The van der Waals surface area contributed by atoms with Gasteiger partial charge in [0.25, 0.3) is 0 Å². The van der Waals surface area contributed by atoms with Gasteiger partial charge < -0.3 is 4.55 Å². The van der Waals surface area contributed by atoms with Crippen LogP contribution in [0.15, 0.2) is 0 Å². The second-order valence-electron chi connectivity index (χ2n) is 5.66. The summed E-state index contributed by atoms with van der Waals surface area (Å²) in [6.07, 6.45) is 11.7. The van der Waals surface area contributed by atoms with Gasteiger partial charge >= 0.3 is 29.6 Å². The first kappa shape index (κ1) is 26.1. The second kappa shape index (κ2) is 15.1. The zero-order valence-electron chi connectivity index (χ0n) is 14.6. The molecule has 0 heterocycles. The van der Waals surface area contributed by atoms with Gasteiger partial charge in [0.1, 0.15) is 0 Å². The third-order valence-electron chi connectivity index (χ3n) is 3.45. The standard InChI is InChI=1S/C14H31NO5S2.Na/c1-2-3-4-5-6-7-8-9-10-11-12-15-21(16,17)13-14-22(18,19)20;/h15H,2-14H2,1H3,(H,18,19,20);/q;+1/p-1. The van der Waals surface area contributed by atoms with Gasteiger partial charge in [0, 0.05) is 6.54 Å². The van der Waals surface area contributed by atoms with Crippen LogP contribution in [0.5, 0.6) is 0 Å². The Morgan fingerprint density at radius 1 is 0.739 bits per heavy atom. The van der Waals surface area contributed by atoms with Crippen molar-refractivity contribution in [3.63, 3.8) is 0 Å². The summed E-state index contributed by atoms with van der Waals surface area (Å²) in [4.78, 5) is 0. The maximum Gasteiger partial charge on any atom is 1.00 e. The summed E-state index contributed by atoms with van der Waals surface area (Å²) in [5.74, 6) is -1.53. The summed E-state index contributed by atoms with van der Waals surface area (Å²) in [7, 11) is -8.13. The normalized spacial score (nSPS) is 12.1. The van der Waals surface area contributed by atoms with Gasteiger partial charge in [-0.15, -0.1) is 0 Å². The van der Waals surface area contributed by atoms with Gasteiger partial charge in [0.05, 0.1) is 21.6 Å². The molecule has 0 aromatic heterocycles. The molecule has 0 atom stereocenters. The van der Waals surface area contributed by atoms with E-state index in [1.807, 2.05) is 0 Å². The summed E-state index contributed by atoms with van der Waals surface area (Å²) < 4.78 is 56.3. The monoisotopic (exact) mass is 379 g/mol. The van der Waals surface area contributed by atoms with E-state index in [0.717, 1.165) is 19.3 Å². The SMILES string of the molecule is CCCCCCCCCCCCNS(=O)(=O)CCS(=O)(=O)[O-].[Na+]. The molecular weight excluding hydrogens is 349 g/mol. The first-order valence-corrected chi connectivity index (χ1v) is 11.4. The Morgan fingerprint density at radius 2 is 1.17 bits per heavy atom. The molecule has 1 N–H and O–H groups in total. The van der Waals surface area contributed by atoms with Crippen LogP contribution in [0, 0.1) is 0 Å². The van der Waals surface area contributed by atoms with Crippen molar-refractivity contribution in [3.05, 3.63) is 0 Å². The van der Waals surface area contributed by atoms with E-state index < -0.39 is 31.6 Å². The summed E-state index contributed by atoms with van der Waals surface area (Å²) in [6, 6.07) is 0. The molecule has 0 saturated carbocycles. The fourth-order valence-corrected chi connectivity index (χ4v) is 4.42. The van der Waals surface area contributed by atoms with E-state index in [9.17, 15) is 21.4 Å². The molecule has 0 aliphatic rings. The summed E-state index contributed by atoms with van der Waals surface area (Å²) in [6.45, 7) is 2.51. The summed E-state index contributed by atoms with van der Waals surface area (Å²) >= 11 is 0. The van der Waals surface area contributed by atoms with E-state index in [1.54, 1.807) is 0 Å². The Hall–Kier alpha value is 0.820. The first-order valence-electron chi connectivity index (χ1n) is 8.18. The van der Waals surface area contributed by atoms with Gasteiger partial charge in [-0.05, 0) is 6.42 Å². The molecule has 0 rings (SSSR count). The van der Waals surface area contributed by atoms with Crippen molar-refractivity contribution in [2.24, 2.45) is 0 Å². The number of unbranched alkanes of at least 4 members (excludes halogenated alkanes) is 9. The molecule has 0 aromatic rings. The third-order valence-corrected chi connectivity index (χ3v) is 5.80. The van der Waals surface area contributed by atoms with Crippen LogP contribution < -0.4 is 34.3 Å². The van der Waals surface area contributed by atoms with Crippen molar-refractivity contribution in [2.75, 3.05) is 18.1 Å². The average molecular weight is 380 g/mol. The van der Waals surface area contributed by atoms with Crippen molar-refractivity contribution in [3.8, 4) is 0 Å². The van der Waals surface area contributed by atoms with Gasteiger partial charge in [-0.2, -0.15) is 0 Å². The number of hydrogen-bond donors (Lipinski definition) is 1. The van der Waals surface area contributed by atoms with Crippen molar-refractivity contribution >= 4 is 20.1 Å². The van der Waals surface area contributed by atoms with Crippen LogP contribution >= 0.6 is 0 Å².